The summed E-state index contributed by atoms with van der Waals surface area (Å²) >= 11 is 0. The predicted molar refractivity (Wildman–Crippen MR) is 74.1 cm³/mol. The maximum absolute atomic E-state index is 13.1. The minimum Gasteiger partial charge on any atom is -0.478 e. The van der Waals surface area contributed by atoms with Gasteiger partial charge >= 0.3 is 24.1 Å². The molecular weight excluding hydrogens is 335 g/mol. The Hall–Kier alpha value is -3.04. The van der Waals surface area contributed by atoms with Gasteiger partial charge in [0, 0.05) is 0 Å². The van der Waals surface area contributed by atoms with E-state index in [1.807, 2.05) is 0 Å². The summed E-state index contributed by atoms with van der Waals surface area (Å²) in [6, 6.07) is 2.13. The van der Waals surface area contributed by atoms with Crippen molar-refractivity contribution >= 4 is 23.6 Å². The smallest absolute Gasteiger partial charge is 0.418 e. The average Bonchev–Trinajstić information content (AvgIpc) is 2.52. The Morgan fingerprint density at radius 1 is 1.17 bits per heavy atom. The highest BCUT2D eigenvalue weighted by Crippen LogP contribution is 2.36. The normalized spacial score (nSPS) is 11.6. The number of carbonyl (C=O) groups excluding carboxylic acids is 2. The third-order valence-electron chi connectivity index (χ3n) is 2.71. The van der Waals surface area contributed by atoms with Crippen LogP contribution >= 0.6 is 0 Å². The van der Waals surface area contributed by atoms with Gasteiger partial charge in [0.2, 0.25) is 0 Å². The van der Waals surface area contributed by atoms with Crippen LogP contribution in [0.5, 0.6) is 0 Å². The molecule has 0 aliphatic rings. The highest BCUT2D eigenvalue weighted by molar-refractivity contribution is 5.99. The van der Waals surface area contributed by atoms with Crippen LogP contribution in [0.1, 0.15) is 15.9 Å². The van der Waals surface area contributed by atoms with Gasteiger partial charge in [-0.3, -0.25) is 0 Å². The van der Waals surface area contributed by atoms with Crippen LogP contribution in [-0.4, -0.2) is 37.2 Å². The molecule has 0 radical (unpaired) electrons. The van der Waals surface area contributed by atoms with Gasteiger partial charge in [0.05, 0.1) is 37.1 Å². The van der Waals surface area contributed by atoms with Crippen molar-refractivity contribution in [1.82, 2.24) is 0 Å². The second kappa shape index (κ2) is 7.49. The summed E-state index contributed by atoms with van der Waals surface area (Å²) < 4.78 is 47.9. The number of carboxylic acid groups (broad SMARTS) is 1. The maximum atomic E-state index is 13.1. The number of carboxylic acids is 1. The Kier molecular flexibility index (Phi) is 5.93. The first-order valence-electron chi connectivity index (χ1n) is 6.19. The van der Waals surface area contributed by atoms with E-state index in [0.29, 0.717) is 12.1 Å². The number of nitrogens with one attached hydrogen (secondary N) is 1. The third-order valence-corrected chi connectivity index (χ3v) is 2.71. The number of aromatic carboxylic acids is 1. The number of ether oxygens (including phenoxy) is 2. The lowest BCUT2D eigenvalue weighted by molar-refractivity contribution is -0.138. The second-order valence-electron chi connectivity index (χ2n) is 4.26. The van der Waals surface area contributed by atoms with Crippen molar-refractivity contribution in [3.63, 3.8) is 0 Å². The molecule has 0 aliphatic carbocycles. The van der Waals surface area contributed by atoms with E-state index in [-0.39, 0.29) is 0 Å². The fraction of sp³-hybridized carbons (Fsp3) is 0.214. The summed E-state index contributed by atoms with van der Waals surface area (Å²) in [5.41, 5.74) is -3.17. The monoisotopic (exact) mass is 347 g/mol. The Bertz CT molecular complexity index is 696. The van der Waals surface area contributed by atoms with E-state index in [1.165, 1.54) is 0 Å². The molecule has 24 heavy (non-hydrogen) atoms. The van der Waals surface area contributed by atoms with Gasteiger partial charge in [0.15, 0.2) is 0 Å². The van der Waals surface area contributed by atoms with Gasteiger partial charge in [-0.05, 0) is 18.2 Å². The Morgan fingerprint density at radius 3 is 2.25 bits per heavy atom. The van der Waals surface area contributed by atoms with Gasteiger partial charge in [0.25, 0.3) is 0 Å². The van der Waals surface area contributed by atoms with Crippen molar-refractivity contribution in [2.75, 3.05) is 19.5 Å². The van der Waals surface area contributed by atoms with Gasteiger partial charge in [-0.15, -0.1) is 0 Å². The van der Waals surface area contributed by atoms with Gasteiger partial charge in [0.1, 0.15) is 5.70 Å². The van der Waals surface area contributed by atoms with Gasteiger partial charge in [-0.1, -0.05) is 0 Å². The Morgan fingerprint density at radius 2 is 1.79 bits per heavy atom. The number of anilines is 1. The molecule has 7 nitrogen and oxygen atoms in total. The Balaban J connectivity index is 3.38. The third kappa shape index (κ3) is 4.73. The second-order valence-corrected chi connectivity index (χ2v) is 4.26. The molecule has 0 bridgehead atoms. The first-order valence-corrected chi connectivity index (χ1v) is 6.19. The van der Waals surface area contributed by atoms with Crippen LogP contribution in [0.15, 0.2) is 30.0 Å². The molecule has 130 valence electrons. The zero-order chi connectivity index (χ0) is 18.5. The molecule has 0 saturated heterocycles. The molecule has 0 atom stereocenters. The summed E-state index contributed by atoms with van der Waals surface area (Å²) in [4.78, 5) is 33.6. The highest BCUT2D eigenvalue weighted by atomic mass is 19.4. The van der Waals surface area contributed by atoms with Crippen molar-refractivity contribution in [3.05, 3.63) is 41.1 Å². The first-order chi connectivity index (χ1) is 11.1. The summed E-state index contributed by atoms with van der Waals surface area (Å²) in [6.45, 7) is 0. The zero-order valence-electron chi connectivity index (χ0n) is 12.4. The number of methoxy groups -OCH3 is 2. The number of alkyl halides is 3. The zero-order valence-corrected chi connectivity index (χ0v) is 12.4. The fourth-order valence-electron chi connectivity index (χ4n) is 1.60. The van der Waals surface area contributed by atoms with Crippen LogP contribution in [-0.2, 0) is 25.2 Å². The summed E-state index contributed by atoms with van der Waals surface area (Å²) in [5, 5.41) is 10.9. The highest BCUT2D eigenvalue weighted by Gasteiger charge is 2.35. The average molecular weight is 347 g/mol. The van der Waals surface area contributed by atoms with Crippen LogP contribution in [0, 0.1) is 0 Å². The Labute approximate surface area is 133 Å². The van der Waals surface area contributed by atoms with E-state index in [0.717, 1.165) is 26.4 Å². The topological polar surface area (TPSA) is 102 Å². The van der Waals surface area contributed by atoms with Crippen molar-refractivity contribution < 1.29 is 42.1 Å². The fourth-order valence-corrected chi connectivity index (χ4v) is 1.60. The van der Waals surface area contributed by atoms with E-state index in [9.17, 15) is 27.6 Å². The van der Waals surface area contributed by atoms with E-state index < -0.39 is 46.6 Å². The molecule has 0 spiro atoms. The molecule has 0 unspecified atom stereocenters. The van der Waals surface area contributed by atoms with Crippen molar-refractivity contribution in [2.24, 2.45) is 0 Å². The number of rotatable bonds is 5. The number of benzene rings is 1. The van der Waals surface area contributed by atoms with E-state index in [4.69, 9.17) is 5.11 Å². The maximum Gasteiger partial charge on any atom is 0.418 e. The number of esters is 2. The molecule has 1 aromatic carbocycles. The van der Waals surface area contributed by atoms with Crippen molar-refractivity contribution in [3.8, 4) is 0 Å². The quantitative estimate of drug-likeness (QED) is 0.621. The number of hydrogen-bond donors (Lipinski definition) is 2. The predicted octanol–water partition coefficient (Wildman–Crippen LogP) is 2.05. The molecule has 0 heterocycles. The number of halogens is 3. The molecule has 0 fully saturated rings. The van der Waals surface area contributed by atoms with Gasteiger partial charge < -0.3 is 19.9 Å². The van der Waals surface area contributed by atoms with E-state index in [1.54, 1.807) is 0 Å². The molecule has 0 aromatic heterocycles. The minimum atomic E-state index is -4.90. The molecule has 1 rings (SSSR count). The number of hydrogen-bond acceptors (Lipinski definition) is 6. The van der Waals surface area contributed by atoms with E-state index in [2.05, 4.69) is 14.8 Å². The van der Waals surface area contributed by atoms with Gasteiger partial charge in [-0.2, -0.15) is 13.2 Å². The van der Waals surface area contributed by atoms with Crippen LogP contribution in [0.3, 0.4) is 0 Å². The van der Waals surface area contributed by atoms with Crippen LogP contribution in [0.2, 0.25) is 0 Å². The molecule has 1 aromatic rings. The molecule has 0 aliphatic heterocycles. The molecule has 0 saturated carbocycles. The molecule has 10 heteroatoms. The first kappa shape index (κ1) is 19.0. The lowest BCUT2D eigenvalue weighted by Crippen LogP contribution is -2.18. The standard InChI is InChI=1S/C14H12F3NO6/c1-23-11(19)6-10(13(22)24-2)18-9-4-3-7(12(20)21)5-8(9)14(15,16)17/h3-6,18H,1-2H3,(H,20,21)/b10-6+. The van der Waals surface area contributed by atoms with Crippen molar-refractivity contribution in [1.29, 1.82) is 0 Å². The largest absolute Gasteiger partial charge is 0.478 e. The van der Waals surface area contributed by atoms with Gasteiger partial charge in [-0.25, -0.2) is 14.4 Å². The minimum absolute atomic E-state index is 0.401. The summed E-state index contributed by atoms with van der Waals surface area (Å²) in [5.74, 6) is -3.67. The molecular formula is C14H12F3NO6. The SMILES string of the molecule is COC(=O)/C=C(/Nc1ccc(C(=O)O)cc1C(F)(F)F)C(=O)OC. The van der Waals surface area contributed by atoms with Crippen molar-refractivity contribution in [2.45, 2.75) is 6.18 Å². The number of carbonyl (C=O) groups is 3. The summed E-state index contributed by atoms with van der Waals surface area (Å²) in [7, 11) is 1.98. The van der Waals surface area contributed by atoms with Crippen LogP contribution < -0.4 is 5.32 Å². The lowest BCUT2D eigenvalue weighted by Gasteiger charge is -2.16. The molecule has 0 amide bonds. The van der Waals surface area contributed by atoms with E-state index >= 15 is 0 Å². The van der Waals surface area contributed by atoms with Crippen LogP contribution in [0.4, 0.5) is 18.9 Å². The lowest BCUT2D eigenvalue weighted by atomic mass is 10.1. The summed E-state index contributed by atoms with van der Waals surface area (Å²) in [6.07, 6.45) is -4.29. The molecule has 2 N–H and O–H groups in total. The van der Waals surface area contributed by atoms with Crippen LogP contribution in [0.25, 0.3) is 0 Å².